The summed E-state index contributed by atoms with van der Waals surface area (Å²) in [4.78, 5) is 14.3. The first-order valence-corrected chi connectivity index (χ1v) is 8.36. The van der Waals surface area contributed by atoms with Crippen LogP contribution in [0.5, 0.6) is 0 Å². The number of rotatable bonds is 6. The number of benzene rings is 1. The van der Waals surface area contributed by atoms with Crippen molar-refractivity contribution in [1.29, 1.82) is 0 Å². The van der Waals surface area contributed by atoms with E-state index in [1.165, 1.54) is 5.56 Å². The quantitative estimate of drug-likeness (QED) is 0.880. The van der Waals surface area contributed by atoms with E-state index in [1.807, 2.05) is 30.0 Å². The normalized spacial score (nSPS) is 16.0. The Morgan fingerprint density at radius 2 is 2.04 bits per heavy atom. The Morgan fingerprint density at radius 3 is 2.79 bits per heavy atom. The molecule has 1 aliphatic rings. The van der Waals surface area contributed by atoms with Gasteiger partial charge in [-0.05, 0) is 25.3 Å². The number of nitrogens with one attached hydrogen (secondary N) is 1. The number of aromatic nitrogens is 1. The molecule has 6 nitrogen and oxygen atoms in total. The number of amides is 1. The molecule has 1 atom stereocenters. The topological polar surface area (TPSA) is 67.6 Å². The fourth-order valence-corrected chi connectivity index (χ4v) is 2.70. The third kappa shape index (κ3) is 4.35. The molecular weight excluding hydrogens is 306 g/mol. The predicted octanol–water partition coefficient (Wildman–Crippen LogP) is 2.26. The zero-order valence-electron chi connectivity index (χ0n) is 13.9. The monoisotopic (exact) mass is 329 g/mol. The maximum Gasteiger partial charge on any atom is 0.273 e. The number of anilines is 1. The van der Waals surface area contributed by atoms with Gasteiger partial charge >= 0.3 is 0 Å². The van der Waals surface area contributed by atoms with Gasteiger partial charge in [0.15, 0.2) is 5.69 Å². The van der Waals surface area contributed by atoms with Crippen LogP contribution < -0.4 is 10.2 Å². The Kier molecular flexibility index (Phi) is 5.48. The summed E-state index contributed by atoms with van der Waals surface area (Å²) in [6.45, 7) is 4.84. The van der Waals surface area contributed by atoms with Crippen molar-refractivity contribution in [2.24, 2.45) is 0 Å². The zero-order valence-corrected chi connectivity index (χ0v) is 13.9. The number of morpholine rings is 1. The molecule has 3 rings (SSSR count). The molecule has 1 saturated heterocycles. The maximum absolute atomic E-state index is 12.3. The van der Waals surface area contributed by atoms with E-state index in [1.54, 1.807) is 6.07 Å². The van der Waals surface area contributed by atoms with E-state index in [4.69, 9.17) is 9.26 Å². The molecule has 1 aliphatic heterocycles. The van der Waals surface area contributed by atoms with Crippen molar-refractivity contribution in [3.05, 3.63) is 47.7 Å². The standard InChI is InChI=1S/C18H23N3O3/c1-14(7-8-15-5-3-2-4-6-15)19-18(22)16-13-17(24-20-16)21-9-11-23-12-10-21/h2-6,13-14H,7-12H2,1H3,(H,19,22). The minimum absolute atomic E-state index is 0.0706. The van der Waals surface area contributed by atoms with E-state index in [2.05, 4.69) is 22.6 Å². The molecule has 1 unspecified atom stereocenters. The van der Waals surface area contributed by atoms with Crippen LogP contribution in [0.1, 0.15) is 29.4 Å². The van der Waals surface area contributed by atoms with Crippen molar-refractivity contribution in [3.8, 4) is 0 Å². The first kappa shape index (κ1) is 16.5. The Morgan fingerprint density at radius 1 is 1.29 bits per heavy atom. The predicted molar refractivity (Wildman–Crippen MR) is 91.2 cm³/mol. The first-order valence-electron chi connectivity index (χ1n) is 8.36. The summed E-state index contributed by atoms with van der Waals surface area (Å²) in [6.07, 6.45) is 1.81. The number of nitrogens with zero attached hydrogens (tertiary/aromatic N) is 2. The Hall–Kier alpha value is -2.34. The fraction of sp³-hybridized carbons (Fsp3) is 0.444. The molecule has 1 amide bonds. The lowest BCUT2D eigenvalue weighted by Crippen LogP contribution is -2.36. The molecule has 24 heavy (non-hydrogen) atoms. The van der Waals surface area contributed by atoms with E-state index < -0.39 is 0 Å². The van der Waals surface area contributed by atoms with Gasteiger partial charge in [0.1, 0.15) is 0 Å². The van der Waals surface area contributed by atoms with Crippen LogP contribution in [0, 0.1) is 0 Å². The molecule has 0 aliphatic carbocycles. The summed E-state index contributed by atoms with van der Waals surface area (Å²) in [7, 11) is 0. The van der Waals surface area contributed by atoms with Gasteiger partial charge in [-0.1, -0.05) is 35.5 Å². The summed E-state index contributed by atoms with van der Waals surface area (Å²) in [5.41, 5.74) is 1.60. The zero-order chi connectivity index (χ0) is 16.8. The molecule has 1 aromatic heterocycles. The van der Waals surface area contributed by atoms with E-state index in [9.17, 15) is 4.79 Å². The third-order valence-electron chi connectivity index (χ3n) is 4.14. The number of carbonyl (C=O) groups excluding carboxylic acids is 1. The van der Waals surface area contributed by atoms with Gasteiger partial charge in [0.05, 0.1) is 13.2 Å². The van der Waals surface area contributed by atoms with Gasteiger partial charge in [-0.25, -0.2) is 0 Å². The van der Waals surface area contributed by atoms with Gasteiger partial charge in [0.25, 0.3) is 5.91 Å². The van der Waals surface area contributed by atoms with Crippen LogP contribution in [0.4, 0.5) is 5.88 Å². The molecular formula is C18H23N3O3. The summed E-state index contributed by atoms with van der Waals surface area (Å²) < 4.78 is 10.6. The van der Waals surface area contributed by atoms with Crippen molar-refractivity contribution in [2.75, 3.05) is 31.2 Å². The second-order valence-electron chi connectivity index (χ2n) is 6.05. The van der Waals surface area contributed by atoms with Crippen molar-refractivity contribution in [2.45, 2.75) is 25.8 Å². The van der Waals surface area contributed by atoms with Gasteiger partial charge in [-0.3, -0.25) is 4.79 Å². The van der Waals surface area contributed by atoms with Crippen LogP contribution in [-0.2, 0) is 11.2 Å². The molecule has 2 heterocycles. The minimum Gasteiger partial charge on any atom is -0.378 e. The number of hydrogen-bond acceptors (Lipinski definition) is 5. The van der Waals surface area contributed by atoms with Gasteiger partial charge in [0.2, 0.25) is 5.88 Å². The minimum atomic E-state index is -0.196. The molecule has 2 aromatic rings. The molecule has 0 radical (unpaired) electrons. The van der Waals surface area contributed by atoms with Crippen LogP contribution in [0.15, 0.2) is 40.9 Å². The largest absolute Gasteiger partial charge is 0.378 e. The Bertz CT molecular complexity index is 651. The van der Waals surface area contributed by atoms with E-state index in [0.717, 1.165) is 25.9 Å². The van der Waals surface area contributed by atoms with E-state index >= 15 is 0 Å². The lowest BCUT2D eigenvalue weighted by Gasteiger charge is -2.25. The molecule has 1 fully saturated rings. The highest BCUT2D eigenvalue weighted by Gasteiger charge is 2.19. The Balaban J connectivity index is 1.50. The van der Waals surface area contributed by atoms with Crippen molar-refractivity contribution in [1.82, 2.24) is 10.5 Å². The highest BCUT2D eigenvalue weighted by Crippen LogP contribution is 2.17. The van der Waals surface area contributed by atoms with Crippen LogP contribution in [-0.4, -0.2) is 43.4 Å². The van der Waals surface area contributed by atoms with Gasteiger partial charge in [-0.2, -0.15) is 0 Å². The first-order chi connectivity index (χ1) is 11.7. The number of ether oxygens (including phenoxy) is 1. The molecule has 1 N–H and O–H groups in total. The van der Waals surface area contributed by atoms with Crippen molar-refractivity contribution < 1.29 is 14.1 Å². The van der Waals surface area contributed by atoms with Crippen LogP contribution in [0.25, 0.3) is 0 Å². The third-order valence-corrected chi connectivity index (χ3v) is 4.14. The van der Waals surface area contributed by atoms with Gasteiger partial charge in [0, 0.05) is 25.2 Å². The molecule has 6 heteroatoms. The molecule has 0 spiro atoms. The van der Waals surface area contributed by atoms with Crippen LogP contribution in [0.3, 0.4) is 0 Å². The van der Waals surface area contributed by atoms with Crippen LogP contribution >= 0.6 is 0 Å². The molecule has 1 aromatic carbocycles. The van der Waals surface area contributed by atoms with Gasteiger partial charge in [-0.15, -0.1) is 0 Å². The van der Waals surface area contributed by atoms with Crippen molar-refractivity contribution >= 4 is 11.8 Å². The average molecular weight is 329 g/mol. The maximum atomic E-state index is 12.3. The Labute approximate surface area is 141 Å². The fourth-order valence-electron chi connectivity index (χ4n) is 2.70. The molecule has 0 bridgehead atoms. The van der Waals surface area contributed by atoms with Gasteiger partial charge < -0.3 is 19.5 Å². The number of hydrogen-bond donors (Lipinski definition) is 1. The number of carbonyl (C=O) groups is 1. The number of aryl methyl sites for hydroxylation is 1. The van der Waals surface area contributed by atoms with Crippen molar-refractivity contribution in [3.63, 3.8) is 0 Å². The molecule has 128 valence electrons. The highest BCUT2D eigenvalue weighted by molar-refractivity contribution is 5.93. The average Bonchev–Trinajstić information content (AvgIpc) is 3.12. The SMILES string of the molecule is CC(CCc1ccccc1)NC(=O)c1cc(N2CCOCC2)on1. The lowest BCUT2D eigenvalue weighted by molar-refractivity contribution is 0.0929. The summed E-state index contributed by atoms with van der Waals surface area (Å²) in [6, 6.07) is 12.0. The van der Waals surface area contributed by atoms with Crippen LogP contribution in [0.2, 0.25) is 0 Å². The molecule has 0 saturated carbocycles. The van der Waals surface area contributed by atoms with E-state index in [0.29, 0.717) is 24.8 Å². The summed E-state index contributed by atoms with van der Waals surface area (Å²) in [5.74, 6) is 0.430. The second kappa shape index (κ2) is 7.97. The summed E-state index contributed by atoms with van der Waals surface area (Å²) >= 11 is 0. The summed E-state index contributed by atoms with van der Waals surface area (Å²) in [5, 5.41) is 6.87. The van der Waals surface area contributed by atoms with E-state index in [-0.39, 0.29) is 11.9 Å². The lowest BCUT2D eigenvalue weighted by atomic mass is 10.1. The highest BCUT2D eigenvalue weighted by atomic mass is 16.5. The smallest absolute Gasteiger partial charge is 0.273 e. The second-order valence-corrected chi connectivity index (χ2v) is 6.05.